The fourth-order valence-electron chi connectivity index (χ4n) is 1.93. The van der Waals surface area contributed by atoms with Crippen molar-refractivity contribution in [1.82, 2.24) is 0 Å². The lowest BCUT2D eigenvalue weighted by Crippen LogP contribution is -2.24. The average Bonchev–Trinajstić information content (AvgIpc) is 3.07. The smallest absolute Gasteiger partial charge is 0.143 e. The summed E-state index contributed by atoms with van der Waals surface area (Å²) >= 11 is 3.11. The zero-order valence-corrected chi connectivity index (χ0v) is 10.6. The Morgan fingerprint density at radius 3 is 2.75 bits per heavy atom. The number of methoxy groups -OCH3 is 1. The topological polar surface area (TPSA) is 29.5 Å². The van der Waals surface area contributed by atoms with Crippen LogP contribution in [0.25, 0.3) is 0 Å². The maximum Gasteiger partial charge on any atom is 0.143 e. The first kappa shape index (κ1) is 12.0. The molecule has 0 heterocycles. The van der Waals surface area contributed by atoms with Crippen LogP contribution < -0.4 is 0 Å². The summed E-state index contributed by atoms with van der Waals surface area (Å²) in [4.78, 5) is 0. The number of benzene rings is 1. The van der Waals surface area contributed by atoms with Crippen LogP contribution in [0.2, 0.25) is 0 Å². The summed E-state index contributed by atoms with van der Waals surface area (Å²) in [6.45, 7) is 0. The van der Waals surface area contributed by atoms with Gasteiger partial charge in [-0.15, -0.1) is 0 Å². The van der Waals surface area contributed by atoms with Crippen molar-refractivity contribution in [2.24, 2.45) is 5.92 Å². The molecule has 2 nitrogen and oxygen atoms in total. The average molecular weight is 289 g/mol. The van der Waals surface area contributed by atoms with Crippen LogP contribution in [0.4, 0.5) is 4.39 Å². The van der Waals surface area contributed by atoms with Crippen molar-refractivity contribution in [3.05, 3.63) is 34.1 Å². The van der Waals surface area contributed by atoms with E-state index in [1.807, 2.05) is 0 Å². The minimum atomic E-state index is -0.894. The highest BCUT2D eigenvalue weighted by molar-refractivity contribution is 9.10. The molecule has 0 spiro atoms. The van der Waals surface area contributed by atoms with Crippen molar-refractivity contribution in [3.8, 4) is 0 Å². The second kappa shape index (κ2) is 4.82. The first-order valence-electron chi connectivity index (χ1n) is 5.30. The molecule has 0 aliphatic heterocycles. The lowest BCUT2D eigenvalue weighted by molar-refractivity contribution is -0.0275. The molecule has 88 valence electrons. The Morgan fingerprint density at radius 2 is 2.19 bits per heavy atom. The standard InChI is InChI=1S/C12H14BrFO2/c1-16-12(7-5-6-7)11(15)8-3-2-4-9(13)10(8)14/h2-4,7,11-12,15H,5-6H2,1H3. The summed E-state index contributed by atoms with van der Waals surface area (Å²) in [5.74, 6) is -0.0453. The van der Waals surface area contributed by atoms with Crippen LogP contribution in [0.1, 0.15) is 24.5 Å². The number of hydrogen-bond donors (Lipinski definition) is 1. The Morgan fingerprint density at radius 1 is 1.50 bits per heavy atom. The number of hydrogen-bond acceptors (Lipinski definition) is 2. The van der Waals surface area contributed by atoms with Gasteiger partial charge in [0.1, 0.15) is 11.9 Å². The molecule has 2 rings (SSSR count). The lowest BCUT2D eigenvalue weighted by atomic mass is 10.0. The quantitative estimate of drug-likeness (QED) is 0.923. The maximum absolute atomic E-state index is 13.8. The van der Waals surface area contributed by atoms with Crippen molar-refractivity contribution in [1.29, 1.82) is 0 Å². The van der Waals surface area contributed by atoms with Gasteiger partial charge in [-0.05, 0) is 40.8 Å². The second-order valence-corrected chi connectivity index (χ2v) is 4.98. The molecule has 0 radical (unpaired) electrons. The van der Waals surface area contributed by atoms with Crippen LogP contribution in [0.5, 0.6) is 0 Å². The zero-order valence-electron chi connectivity index (χ0n) is 8.99. The zero-order chi connectivity index (χ0) is 11.7. The first-order valence-corrected chi connectivity index (χ1v) is 6.09. The van der Waals surface area contributed by atoms with Gasteiger partial charge in [-0.3, -0.25) is 0 Å². The predicted octanol–water partition coefficient (Wildman–Crippen LogP) is 3.05. The Hall–Kier alpha value is -0.450. The fraction of sp³-hybridized carbons (Fsp3) is 0.500. The van der Waals surface area contributed by atoms with E-state index in [0.717, 1.165) is 12.8 Å². The Balaban J connectivity index is 2.24. The first-order chi connectivity index (χ1) is 7.65. The monoisotopic (exact) mass is 288 g/mol. The molecular weight excluding hydrogens is 275 g/mol. The lowest BCUT2D eigenvalue weighted by Gasteiger charge is -2.22. The van der Waals surface area contributed by atoms with Crippen LogP contribution in [0.3, 0.4) is 0 Å². The number of halogens is 2. The normalized spacial score (nSPS) is 19.5. The molecule has 1 aliphatic rings. The van der Waals surface area contributed by atoms with Crippen LogP contribution in [0, 0.1) is 11.7 Å². The largest absolute Gasteiger partial charge is 0.386 e. The molecule has 1 aromatic rings. The minimum absolute atomic E-state index is 0.299. The van der Waals surface area contributed by atoms with Gasteiger partial charge in [0, 0.05) is 12.7 Å². The van der Waals surface area contributed by atoms with Crippen molar-refractivity contribution < 1.29 is 14.2 Å². The van der Waals surface area contributed by atoms with E-state index in [-0.39, 0.29) is 6.10 Å². The van der Waals surface area contributed by atoms with Crippen LogP contribution >= 0.6 is 15.9 Å². The number of aliphatic hydroxyl groups excluding tert-OH is 1. The molecule has 2 unspecified atom stereocenters. The summed E-state index contributed by atoms with van der Waals surface area (Å²) in [6, 6.07) is 4.93. The minimum Gasteiger partial charge on any atom is -0.386 e. The molecule has 1 N–H and O–H groups in total. The van der Waals surface area contributed by atoms with E-state index >= 15 is 0 Å². The van der Waals surface area contributed by atoms with Gasteiger partial charge in [0.25, 0.3) is 0 Å². The summed E-state index contributed by atoms with van der Waals surface area (Å²) in [5.41, 5.74) is 0.299. The molecule has 0 bridgehead atoms. The van der Waals surface area contributed by atoms with Gasteiger partial charge in [0.15, 0.2) is 0 Å². The third-order valence-electron chi connectivity index (χ3n) is 2.97. The molecule has 1 aliphatic carbocycles. The van der Waals surface area contributed by atoms with Crippen molar-refractivity contribution in [3.63, 3.8) is 0 Å². The third-order valence-corrected chi connectivity index (χ3v) is 3.58. The Labute approximate surface area is 103 Å². The highest BCUT2D eigenvalue weighted by Gasteiger charge is 2.37. The molecule has 1 fully saturated rings. The number of aliphatic hydroxyl groups is 1. The maximum atomic E-state index is 13.8. The van der Waals surface area contributed by atoms with Gasteiger partial charge in [-0.2, -0.15) is 0 Å². The van der Waals surface area contributed by atoms with Crippen molar-refractivity contribution in [2.75, 3.05) is 7.11 Å². The van der Waals surface area contributed by atoms with Crippen LogP contribution in [0.15, 0.2) is 22.7 Å². The summed E-state index contributed by atoms with van der Waals surface area (Å²) in [5, 5.41) is 10.1. The highest BCUT2D eigenvalue weighted by atomic mass is 79.9. The van der Waals surface area contributed by atoms with E-state index in [9.17, 15) is 9.50 Å². The van der Waals surface area contributed by atoms with Gasteiger partial charge in [-0.25, -0.2) is 4.39 Å². The van der Waals surface area contributed by atoms with E-state index < -0.39 is 11.9 Å². The molecule has 16 heavy (non-hydrogen) atoms. The number of ether oxygens (including phenoxy) is 1. The fourth-order valence-corrected chi connectivity index (χ4v) is 2.31. The molecular formula is C12H14BrFO2. The van der Waals surface area contributed by atoms with E-state index in [4.69, 9.17) is 4.74 Å². The third kappa shape index (κ3) is 2.29. The second-order valence-electron chi connectivity index (χ2n) is 4.13. The van der Waals surface area contributed by atoms with Crippen molar-refractivity contribution >= 4 is 15.9 Å². The van der Waals surface area contributed by atoms with Crippen LogP contribution in [-0.2, 0) is 4.74 Å². The Bertz CT molecular complexity index is 379. The van der Waals surface area contributed by atoms with E-state index in [1.54, 1.807) is 25.3 Å². The van der Waals surface area contributed by atoms with Crippen molar-refractivity contribution in [2.45, 2.75) is 25.0 Å². The molecule has 1 aromatic carbocycles. The Kier molecular flexibility index (Phi) is 3.62. The molecule has 2 atom stereocenters. The summed E-state index contributed by atoms with van der Waals surface area (Å²) in [7, 11) is 1.56. The summed E-state index contributed by atoms with van der Waals surface area (Å²) in [6.07, 6.45) is 0.898. The van der Waals surface area contributed by atoms with Gasteiger partial charge in [0.2, 0.25) is 0 Å². The molecule has 0 amide bonds. The van der Waals surface area contributed by atoms with E-state index in [1.165, 1.54) is 0 Å². The number of rotatable bonds is 4. The molecule has 1 saturated carbocycles. The van der Waals surface area contributed by atoms with Gasteiger partial charge in [0.05, 0.1) is 10.6 Å². The molecule has 0 aromatic heterocycles. The van der Waals surface area contributed by atoms with Gasteiger partial charge >= 0.3 is 0 Å². The van der Waals surface area contributed by atoms with E-state index in [2.05, 4.69) is 15.9 Å². The van der Waals surface area contributed by atoms with Crippen LogP contribution in [-0.4, -0.2) is 18.3 Å². The van der Waals surface area contributed by atoms with E-state index in [0.29, 0.717) is 16.0 Å². The molecule has 0 saturated heterocycles. The van der Waals surface area contributed by atoms with Gasteiger partial charge < -0.3 is 9.84 Å². The SMILES string of the molecule is COC(C1CC1)C(O)c1cccc(Br)c1F. The molecule has 4 heteroatoms. The van der Waals surface area contributed by atoms with Gasteiger partial charge in [-0.1, -0.05) is 12.1 Å². The summed E-state index contributed by atoms with van der Waals surface area (Å²) < 4.78 is 19.4. The predicted molar refractivity (Wildman–Crippen MR) is 62.6 cm³/mol. The highest BCUT2D eigenvalue weighted by Crippen LogP contribution is 2.40.